The van der Waals surface area contributed by atoms with Gasteiger partial charge < -0.3 is 0 Å². The standard InChI is InChI=1S/C13H12ClF3O/c1-12(2)9(10(12)11(14)18)7-3-5-8(6-4-7)13(15,16)17/h3-6,9-10H,1-2H3/t9-,10+/m0/s1. The fraction of sp³-hybridized carbons (Fsp3) is 0.462. The molecule has 2 rings (SSSR count). The van der Waals surface area contributed by atoms with E-state index in [1.807, 2.05) is 13.8 Å². The van der Waals surface area contributed by atoms with Crippen LogP contribution in [-0.4, -0.2) is 5.24 Å². The molecule has 1 aliphatic rings. The Morgan fingerprint density at radius 1 is 1.22 bits per heavy atom. The van der Waals surface area contributed by atoms with Gasteiger partial charge in [0.2, 0.25) is 5.24 Å². The summed E-state index contributed by atoms with van der Waals surface area (Å²) >= 11 is 5.49. The molecule has 98 valence electrons. The van der Waals surface area contributed by atoms with Crippen LogP contribution in [0.2, 0.25) is 0 Å². The van der Waals surface area contributed by atoms with E-state index in [-0.39, 0.29) is 17.3 Å². The average molecular weight is 277 g/mol. The van der Waals surface area contributed by atoms with Crippen molar-refractivity contribution < 1.29 is 18.0 Å². The number of hydrogen-bond donors (Lipinski definition) is 0. The first-order valence-corrected chi connectivity index (χ1v) is 5.90. The summed E-state index contributed by atoms with van der Waals surface area (Å²) in [4.78, 5) is 11.2. The van der Waals surface area contributed by atoms with Crippen LogP contribution in [-0.2, 0) is 11.0 Å². The van der Waals surface area contributed by atoms with Gasteiger partial charge in [-0.05, 0) is 34.7 Å². The Labute approximate surface area is 108 Å². The van der Waals surface area contributed by atoms with Gasteiger partial charge in [-0.15, -0.1) is 0 Å². The van der Waals surface area contributed by atoms with Crippen molar-refractivity contribution in [2.45, 2.75) is 25.9 Å². The number of benzene rings is 1. The van der Waals surface area contributed by atoms with E-state index in [1.54, 1.807) is 0 Å². The molecule has 1 aliphatic carbocycles. The van der Waals surface area contributed by atoms with Gasteiger partial charge in [0.05, 0.1) is 5.56 Å². The van der Waals surface area contributed by atoms with Crippen LogP contribution < -0.4 is 0 Å². The maximum absolute atomic E-state index is 12.4. The second kappa shape index (κ2) is 3.98. The molecule has 1 fully saturated rings. The van der Waals surface area contributed by atoms with Gasteiger partial charge in [-0.3, -0.25) is 4.79 Å². The summed E-state index contributed by atoms with van der Waals surface area (Å²) in [6.07, 6.45) is -4.33. The van der Waals surface area contributed by atoms with Crippen molar-refractivity contribution in [1.29, 1.82) is 0 Å². The Morgan fingerprint density at radius 3 is 2.06 bits per heavy atom. The summed E-state index contributed by atoms with van der Waals surface area (Å²) in [5.74, 6) is -0.402. The molecule has 1 nitrogen and oxygen atoms in total. The van der Waals surface area contributed by atoms with Crippen LogP contribution in [0.3, 0.4) is 0 Å². The number of alkyl halides is 3. The first kappa shape index (κ1) is 13.4. The fourth-order valence-corrected chi connectivity index (χ4v) is 2.97. The minimum Gasteiger partial charge on any atom is -0.281 e. The first-order valence-electron chi connectivity index (χ1n) is 5.52. The summed E-state index contributed by atoms with van der Waals surface area (Å²) in [5, 5.41) is -0.426. The van der Waals surface area contributed by atoms with E-state index in [1.165, 1.54) is 12.1 Å². The highest BCUT2D eigenvalue weighted by atomic mass is 35.5. The van der Waals surface area contributed by atoms with Crippen LogP contribution in [0.1, 0.15) is 30.9 Å². The highest BCUT2D eigenvalue weighted by molar-refractivity contribution is 6.64. The zero-order valence-corrected chi connectivity index (χ0v) is 10.6. The molecular formula is C13H12ClF3O. The van der Waals surface area contributed by atoms with E-state index in [0.717, 1.165) is 17.7 Å². The van der Waals surface area contributed by atoms with Gasteiger partial charge in [0.1, 0.15) is 0 Å². The van der Waals surface area contributed by atoms with Gasteiger partial charge in [0.15, 0.2) is 0 Å². The third-order valence-corrected chi connectivity index (χ3v) is 3.90. The summed E-state index contributed by atoms with van der Waals surface area (Å²) in [6, 6.07) is 4.93. The van der Waals surface area contributed by atoms with Crippen molar-refractivity contribution in [2.75, 3.05) is 0 Å². The van der Waals surface area contributed by atoms with E-state index in [9.17, 15) is 18.0 Å². The summed E-state index contributed by atoms with van der Waals surface area (Å²) in [6.45, 7) is 3.78. The van der Waals surface area contributed by atoms with E-state index in [2.05, 4.69) is 0 Å². The molecule has 0 spiro atoms. The highest BCUT2D eigenvalue weighted by Crippen LogP contribution is 2.65. The second-order valence-electron chi connectivity index (χ2n) is 5.20. The molecule has 1 aromatic carbocycles. The van der Waals surface area contributed by atoms with Crippen molar-refractivity contribution in [2.24, 2.45) is 11.3 Å². The van der Waals surface area contributed by atoms with Crippen LogP contribution in [0.15, 0.2) is 24.3 Å². The normalized spacial score (nSPS) is 25.9. The number of halogens is 4. The second-order valence-corrected chi connectivity index (χ2v) is 5.57. The fourth-order valence-electron chi connectivity index (χ4n) is 2.56. The molecule has 0 heterocycles. The van der Waals surface area contributed by atoms with E-state index in [0.29, 0.717) is 0 Å². The Balaban J connectivity index is 2.25. The van der Waals surface area contributed by atoms with Crippen molar-refractivity contribution in [3.05, 3.63) is 35.4 Å². The predicted molar refractivity (Wildman–Crippen MR) is 62.3 cm³/mol. The van der Waals surface area contributed by atoms with Gasteiger partial charge in [0.25, 0.3) is 0 Å². The van der Waals surface area contributed by atoms with Crippen molar-refractivity contribution in [1.82, 2.24) is 0 Å². The molecule has 0 amide bonds. The van der Waals surface area contributed by atoms with Crippen LogP contribution in [0.25, 0.3) is 0 Å². The largest absolute Gasteiger partial charge is 0.416 e. The lowest BCUT2D eigenvalue weighted by molar-refractivity contribution is -0.137. The smallest absolute Gasteiger partial charge is 0.281 e. The minimum atomic E-state index is -4.33. The molecule has 2 atom stereocenters. The lowest BCUT2D eigenvalue weighted by Gasteiger charge is -2.08. The first-order chi connectivity index (χ1) is 8.15. The molecule has 0 N–H and O–H groups in total. The zero-order chi connectivity index (χ0) is 13.7. The van der Waals surface area contributed by atoms with Crippen molar-refractivity contribution in [3.8, 4) is 0 Å². The quantitative estimate of drug-likeness (QED) is 0.740. The number of rotatable bonds is 2. The molecule has 18 heavy (non-hydrogen) atoms. The third-order valence-electron chi connectivity index (χ3n) is 3.67. The summed E-state index contributed by atoms with van der Waals surface area (Å²) in [7, 11) is 0. The van der Waals surface area contributed by atoms with Crippen LogP contribution >= 0.6 is 11.6 Å². The predicted octanol–water partition coefficient (Wildman–Crippen LogP) is 4.21. The molecule has 0 aliphatic heterocycles. The highest BCUT2D eigenvalue weighted by Gasteiger charge is 2.61. The van der Waals surface area contributed by atoms with E-state index < -0.39 is 17.0 Å². The number of carbonyl (C=O) groups is 1. The maximum Gasteiger partial charge on any atom is 0.416 e. The van der Waals surface area contributed by atoms with Gasteiger partial charge >= 0.3 is 6.18 Å². The van der Waals surface area contributed by atoms with Gasteiger partial charge in [-0.25, -0.2) is 0 Å². The van der Waals surface area contributed by atoms with Crippen LogP contribution in [0.5, 0.6) is 0 Å². The number of hydrogen-bond acceptors (Lipinski definition) is 1. The van der Waals surface area contributed by atoms with Gasteiger partial charge in [0, 0.05) is 11.8 Å². The van der Waals surface area contributed by atoms with Crippen molar-refractivity contribution >= 4 is 16.8 Å². The molecule has 0 saturated heterocycles. The SMILES string of the molecule is CC1(C)[C@@H](C(=O)Cl)[C@@H]1c1ccc(C(F)(F)F)cc1. The van der Waals surface area contributed by atoms with Crippen LogP contribution in [0, 0.1) is 11.3 Å². The van der Waals surface area contributed by atoms with Crippen molar-refractivity contribution in [3.63, 3.8) is 0 Å². The molecule has 5 heteroatoms. The molecule has 0 unspecified atom stereocenters. The Kier molecular flexibility index (Phi) is 2.97. The minimum absolute atomic E-state index is 0.0928. The molecular weight excluding hydrogens is 265 g/mol. The van der Waals surface area contributed by atoms with Gasteiger partial charge in [-0.1, -0.05) is 26.0 Å². The topological polar surface area (TPSA) is 17.1 Å². The molecule has 0 bridgehead atoms. The summed E-state index contributed by atoms with van der Waals surface area (Å²) < 4.78 is 37.3. The Morgan fingerprint density at radius 2 is 1.72 bits per heavy atom. The zero-order valence-electron chi connectivity index (χ0n) is 9.88. The molecule has 0 aromatic heterocycles. The molecule has 0 radical (unpaired) electrons. The average Bonchev–Trinajstić information content (AvgIpc) is 2.80. The lowest BCUT2D eigenvalue weighted by atomic mass is 10.0. The molecule has 1 saturated carbocycles. The van der Waals surface area contributed by atoms with E-state index in [4.69, 9.17) is 11.6 Å². The summed E-state index contributed by atoms with van der Waals surface area (Å²) in [5.41, 5.74) is -0.232. The molecule has 1 aromatic rings. The number of carbonyl (C=O) groups excluding carboxylic acids is 1. The Hall–Kier alpha value is -1.03. The van der Waals surface area contributed by atoms with E-state index >= 15 is 0 Å². The van der Waals surface area contributed by atoms with Gasteiger partial charge in [-0.2, -0.15) is 13.2 Å². The maximum atomic E-state index is 12.4. The third kappa shape index (κ3) is 2.14. The van der Waals surface area contributed by atoms with Crippen LogP contribution in [0.4, 0.5) is 13.2 Å². The Bertz CT molecular complexity index is 476. The monoisotopic (exact) mass is 276 g/mol. The lowest BCUT2D eigenvalue weighted by Crippen LogP contribution is -2.04.